The third-order valence-corrected chi connectivity index (χ3v) is 4.44. The van der Waals surface area contributed by atoms with E-state index in [-0.39, 0.29) is 29.1 Å². The number of aryl methyl sites for hydroxylation is 1. The van der Waals surface area contributed by atoms with Crippen molar-refractivity contribution in [3.63, 3.8) is 0 Å². The molecule has 0 saturated carbocycles. The molecule has 1 aromatic carbocycles. The van der Waals surface area contributed by atoms with Crippen molar-refractivity contribution in [2.24, 2.45) is 0 Å². The lowest BCUT2D eigenvalue weighted by atomic mass is 10.2. The molecular formula is C18H14F2N4O3S. The first kappa shape index (κ1) is 19.4. The lowest BCUT2D eigenvalue weighted by Gasteiger charge is -2.05. The molecule has 0 radical (unpaired) electrons. The van der Waals surface area contributed by atoms with E-state index in [0.717, 1.165) is 12.1 Å². The van der Waals surface area contributed by atoms with E-state index in [1.165, 1.54) is 35.7 Å². The van der Waals surface area contributed by atoms with Gasteiger partial charge in [0.2, 0.25) is 11.5 Å². The first-order chi connectivity index (χ1) is 13.4. The topological polar surface area (TPSA) is 104 Å². The largest absolute Gasteiger partial charge is 0.328 e. The number of hydrogen-bond acceptors (Lipinski definition) is 5. The summed E-state index contributed by atoms with van der Waals surface area (Å²) in [6.45, 7) is 0. The molecule has 0 atom stereocenters. The van der Waals surface area contributed by atoms with E-state index in [9.17, 15) is 23.2 Å². The number of hydrogen-bond donors (Lipinski definition) is 3. The van der Waals surface area contributed by atoms with Gasteiger partial charge in [0.05, 0.1) is 11.3 Å². The Morgan fingerprint density at radius 3 is 2.64 bits per heavy atom. The SMILES string of the molecule is O=C(CCc1csc(NC(=O)c2ccc(=O)[nH]c2)n1)Nc1ccc(F)c(F)c1. The van der Waals surface area contributed by atoms with Gasteiger partial charge in [-0.25, -0.2) is 13.8 Å². The normalized spacial score (nSPS) is 10.5. The highest BCUT2D eigenvalue weighted by atomic mass is 32.1. The zero-order valence-electron chi connectivity index (χ0n) is 14.3. The summed E-state index contributed by atoms with van der Waals surface area (Å²) in [5.74, 6) is -2.83. The number of rotatable bonds is 6. The van der Waals surface area contributed by atoms with Gasteiger partial charge < -0.3 is 10.3 Å². The molecule has 7 nitrogen and oxygen atoms in total. The highest BCUT2D eigenvalue weighted by Crippen LogP contribution is 2.18. The quantitative estimate of drug-likeness (QED) is 0.588. The molecule has 2 aromatic heterocycles. The van der Waals surface area contributed by atoms with Crippen molar-refractivity contribution in [2.45, 2.75) is 12.8 Å². The van der Waals surface area contributed by atoms with Gasteiger partial charge in [0.15, 0.2) is 16.8 Å². The second-order valence-corrected chi connectivity index (χ2v) is 6.57. The predicted octanol–water partition coefficient (Wildman–Crippen LogP) is 2.93. The Labute approximate surface area is 161 Å². The zero-order valence-corrected chi connectivity index (χ0v) is 15.1. The molecule has 10 heteroatoms. The maximum Gasteiger partial charge on any atom is 0.258 e. The third kappa shape index (κ3) is 5.07. The van der Waals surface area contributed by atoms with Crippen molar-refractivity contribution >= 4 is 34.0 Å². The summed E-state index contributed by atoms with van der Waals surface area (Å²) in [7, 11) is 0. The van der Waals surface area contributed by atoms with Crippen molar-refractivity contribution in [1.29, 1.82) is 0 Å². The molecule has 0 unspecified atom stereocenters. The summed E-state index contributed by atoms with van der Waals surface area (Å²) in [6, 6.07) is 5.74. The Morgan fingerprint density at radius 2 is 1.93 bits per heavy atom. The molecule has 0 spiro atoms. The maximum absolute atomic E-state index is 13.1. The van der Waals surface area contributed by atoms with Gasteiger partial charge in [-0.05, 0) is 24.6 Å². The Kier molecular flexibility index (Phi) is 5.90. The molecule has 144 valence electrons. The smallest absolute Gasteiger partial charge is 0.258 e. The second-order valence-electron chi connectivity index (χ2n) is 5.72. The average Bonchev–Trinajstić information content (AvgIpc) is 3.11. The summed E-state index contributed by atoms with van der Waals surface area (Å²) in [5, 5.41) is 7.14. The number of amides is 2. The minimum absolute atomic E-state index is 0.0794. The molecule has 3 rings (SSSR count). The van der Waals surface area contributed by atoms with Crippen molar-refractivity contribution in [3.05, 3.63) is 75.2 Å². The Balaban J connectivity index is 1.52. The Morgan fingerprint density at radius 1 is 1.11 bits per heavy atom. The Hall–Kier alpha value is -3.40. The van der Waals surface area contributed by atoms with E-state index in [0.29, 0.717) is 17.2 Å². The average molecular weight is 404 g/mol. The van der Waals surface area contributed by atoms with Crippen LogP contribution in [-0.4, -0.2) is 21.8 Å². The van der Waals surface area contributed by atoms with Crippen LogP contribution in [0.5, 0.6) is 0 Å². The summed E-state index contributed by atoms with van der Waals surface area (Å²) in [6.07, 6.45) is 1.69. The fourth-order valence-corrected chi connectivity index (χ4v) is 2.98. The summed E-state index contributed by atoms with van der Waals surface area (Å²) < 4.78 is 26.0. The molecule has 0 aliphatic rings. The molecule has 0 aliphatic carbocycles. The number of H-pyrrole nitrogens is 1. The highest BCUT2D eigenvalue weighted by Gasteiger charge is 2.11. The second kappa shape index (κ2) is 8.53. The summed E-state index contributed by atoms with van der Waals surface area (Å²) in [5.41, 5.74) is 0.732. The van der Waals surface area contributed by atoms with E-state index in [2.05, 4.69) is 20.6 Å². The van der Waals surface area contributed by atoms with Gasteiger partial charge >= 0.3 is 0 Å². The van der Waals surface area contributed by atoms with Crippen LogP contribution >= 0.6 is 11.3 Å². The van der Waals surface area contributed by atoms with Crippen LogP contribution < -0.4 is 16.2 Å². The summed E-state index contributed by atoms with van der Waals surface area (Å²) >= 11 is 1.20. The first-order valence-corrected chi connectivity index (χ1v) is 8.98. The van der Waals surface area contributed by atoms with Crippen molar-refractivity contribution in [2.75, 3.05) is 10.6 Å². The molecule has 28 heavy (non-hydrogen) atoms. The van der Waals surface area contributed by atoms with Crippen LogP contribution in [0.2, 0.25) is 0 Å². The number of halogens is 2. The van der Waals surface area contributed by atoms with Gasteiger partial charge in [-0.2, -0.15) is 0 Å². The van der Waals surface area contributed by atoms with E-state index in [1.807, 2.05) is 0 Å². The molecule has 2 heterocycles. The number of carbonyl (C=O) groups is 2. The predicted molar refractivity (Wildman–Crippen MR) is 100 cm³/mol. The van der Waals surface area contributed by atoms with Crippen LogP contribution in [0, 0.1) is 11.6 Å². The highest BCUT2D eigenvalue weighted by molar-refractivity contribution is 7.14. The van der Waals surface area contributed by atoms with Crippen LogP contribution in [0.4, 0.5) is 19.6 Å². The van der Waals surface area contributed by atoms with Crippen molar-refractivity contribution in [1.82, 2.24) is 9.97 Å². The van der Waals surface area contributed by atoms with E-state index < -0.39 is 17.5 Å². The van der Waals surface area contributed by atoms with E-state index in [1.54, 1.807) is 5.38 Å². The van der Waals surface area contributed by atoms with E-state index in [4.69, 9.17) is 0 Å². The number of carbonyl (C=O) groups excluding carboxylic acids is 2. The number of thiazole rings is 1. The van der Waals surface area contributed by atoms with Crippen LogP contribution in [-0.2, 0) is 11.2 Å². The van der Waals surface area contributed by atoms with Gasteiger partial charge in [0.25, 0.3) is 5.91 Å². The number of anilines is 2. The molecule has 0 saturated heterocycles. The lowest BCUT2D eigenvalue weighted by Crippen LogP contribution is -2.14. The number of aromatic nitrogens is 2. The third-order valence-electron chi connectivity index (χ3n) is 3.63. The number of aromatic amines is 1. The zero-order chi connectivity index (χ0) is 20.1. The molecular weight excluding hydrogens is 390 g/mol. The lowest BCUT2D eigenvalue weighted by molar-refractivity contribution is -0.116. The molecule has 2 amide bonds. The fourth-order valence-electron chi connectivity index (χ4n) is 2.24. The van der Waals surface area contributed by atoms with Gasteiger partial charge in [0, 0.05) is 35.8 Å². The van der Waals surface area contributed by atoms with Gasteiger partial charge in [-0.15, -0.1) is 11.3 Å². The molecule has 0 aliphatic heterocycles. The molecule has 3 aromatic rings. The van der Waals surface area contributed by atoms with Crippen molar-refractivity contribution in [3.8, 4) is 0 Å². The monoisotopic (exact) mass is 404 g/mol. The van der Waals surface area contributed by atoms with Crippen LogP contribution in [0.1, 0.15) is 22.5 Å². The van der Waals surface area contributed by atoms with Crippen LogP contribution in [0.3, 0.4) is 0 Å². The fraction of sp³-hybridized carbons (Fsp3) is 0.111. The van der Waals surface area contributed by atoms with Gasteiger partial charge in [-0.1, -0.05) is 0 Å². The molecule has 0 fully saturated rings. The van der Waals surface area contributed by atoms with Crippen molar-refractivity contribution < 1.29 is 18.4 Å². The number of benzene rings is 1. The maximum atomic E-state index is 13.1. The van der Waals surface area contributed by atoms with Gasteiger partial charge in [-0.3, -0.25) is 19.7 Å². The minimum Gasteiger partial charge on any atom is -0.328 e. The van der Waals surface area contributed by atoms with Crippen LogP contribution in [0.15, 0.2) is 46.7 Å². The summed E-state index contributed by atoms with van der Waals surface area (Å²) in [4.78, 5) is 41.6. The Bertz CT molecular complexity index is 1060. The minimum atomic E-state index is -1.04. The number of pyridine rings is 1. The van der Waals surface area contributed by atoms with E-state index >= 15 is 0 Å². The number of nitrogens with zero attached hydrogens (tertiary/aromatic N) is 1. The van der Waals surface area contributed by atoms with Crippen LogP contribution in [0.25, 0.3) is 0 Å². The standard InChI is InChI=1S/C18H14F2N4O3S/c19-13-4-2-11(7-14(13)20)22-16(26)6-3-12-9-28-18(23-12)24-17(27)10-1-5-15(25)21-8-10/h1-2,4-5,7-9H,3,6H2,(H,21,25)(H,22,26)(H,23,24,27). The van der Waals surface area contributed by atoms with Gasteiger partial charge in [0.1, 0.15) is 0 Å². The molecule has 3 N–H and O–H groups in total. The number of nitrogens with one attached hydrogen (secondary N) is 3. The first-order valence-electron chi connectivity index (χ1n) is 8.10. The molecule has 0 bridgehead atoms.